The highest BCUT2D eigenvalue weighted by Crippen LogP contribution is 2.26. The van der Waals surface area contributed by atoms with Crippen LogP contribution in [0.15, 0.2) is 52.7 Å². The highest BCUT2D eigenvalue weighted by molar-refractivity contribution is 7.99. The first-order chi connectivity index (χ1) is 13.9. The molecular formula is C17H14Cl3N7OS. The molecule has 0 fully saturated rings. The molecule has 0 bridgehead atoms. The van der Waals surface area contributed by atoms with Crippen LogP contribution >= 0.6 is 46.6 Å². The molecule has 0 aliphatic heterocycles. The topological polar surface area (TPSA) is 110 Å². The van der Waals surface area contributed by atoms with E-state index >= 15 is 0 Å². The summed E-state index contributed by atoms with van der Waals surface area (Å²) in [6, 6.07) is 12.0. The molecule has 0 unspecified atom stereocenters. The van der Waals surface area contributed by atoms with Crippen LogP contribution in [0.25, 0.3) is 0 Å². The second kappa shape index (κ2) is 9.84. The quantitative estimate of drug-likeness (QED) is 0.207. The number of rotatable bonds is 7. The van der Waals surface area contributed by atoms with E-state index < -0.39 is 0 Å². The van der Waals surface area contributed by atoms with Crippen molar-refractivity contribution in [3.8, 4) is 0 Å². The molecule has 0 spiro atoms. The van der Waals surface area contributed by atoms with Crippen molar-refractivity contribution in [3.63, 3.8) is 0 Å². The van der Waals surface area contributed by atoms with E-state index in [1.54, 1.807) is 36.5 Å². The van der Waals surface area contributed by atoms with Gasteiger partial charge in [-0.15, -0.1) is 10.2 Å². The van der Waals surface area contributed by atoms with Gasteiger partial charge in [0.2, 0.25) is 11.1 Å². The maximum absolute atomic E-state index is 12.1. The molecule has 29 heavy (non-hydrogen) atoms. The monoisotopic (exact) mass is 469 g/mol. The number of amides is 1. The van der Waals surface area contributed by atoms with E-state index in [-0.39, 0.29) is 17.6 Å². The Morgan fingerprint density at radius 2 is 1.97 bits per heavy atom. The van der Waals surface area contributed by atoms with Gasteiger partial charge in [-0.1, -0.05) is 58.7 Å². The van der Waals surface area contributed by atoms with Gasteiger partial charge < -0.3 is 11.2 Å². The minimum absolute atomic E-state index is 0.0556. The number of nitrogens with two attached hydrogens (primary N) is 1. The minimum atomic E-state index is -0.282. The van der Waals surface area contributed by atoms with Crippen LogP contribution in [0.1, 0.15) is 5.56 Å². The highest BCUT2D eigenvalue weighted by Gasteiger charge is 2.13. The number of hydrogen-bond acceptors (Lipinski definition) is 7. The normalized spacial score (nSPS) is 11.0. The molecule has 8 nitrogen and oxygen atoms in total. The summed E-state index contributed by atoms with van der Waals surface area (Å²) < 4.78 is 1.20. The van der Waals surface area contributed by atoms with Gasteiger partial charge in [-0.25, -0.2) is 10.1 Å². The molecule has 0 saturated carbocycles. The lowest BCUT2D eigenvalue weighted by Crippen LogP contribution is -2.17. The number of hydrogen-bond donors (Lipinski definition) is 3. The number of carbonyl (C=O) groups excluding carboxylic acids is 1. The number of nitrogens with zero attached hydrogens (tertiary/aromatic N) is 4. The third-order valence-corrected chi connectivity index (χ3v) is 5.15. The van der Waals surface area contributed by atoms with Crippen molar-refractivity contribution in [3.05, 3.63) is 63.1 Å². The third-order valence-electron chi connectivity index (χ3n) is 3.43. The van der Waals surface area contributed by atoms with Crippen LogP contribution in [0.3, 0.4) is 0 Å². The van der Waals surface area contributed by atoms with Crippen LogP contribution in [0, 0.1) is 0 Å². The van der Waals surface area contributed by atoms with E-state index in [0.29, 0.717) is 25.9 Å². The number of aromatic nitrogens is 3. The van der Waals surface area contributed by atoms with Crippen molar-refractivity contribution in [2.45, 2.75) is 5.16 Å². The Balaban J connectivity index is 1.54. The molecule has 0 atom stereocenters. The van der Waals surface area contributed by atoms with E-state index in [1.165, 1.54) is 4.68 Å². The fourth-order valence-electron chi connectivity index (χ4n) is 2.11. The standard InChI is InChI=1S/C17H14Cl3N7OS/c18-11-3-1-2-10(6-11)8-22-24-16-25-26-17(27(16)21)29-9-15(28)23-14-5-4-12(19)7-13(14)20/h1-8H,9,21H2,(H,23,28)(H,24,25)/b22-8+. The average Bonchev–Trinajstić information content (AvgIpc) is 3.02. The minimum Gasteiger partial charge on any atom is -0.334 e. The van der Waals surface area contributed by atoms with E-state index in [1.807, 2.05) is 12.1 Å². The first-order valence-electron chi connectivity index (χ1n) is 8.05. The number of carbonyl (C=O) groups is 1. The first kappa shape index (κ1) is 21.3. The zero-order valence-corrected chi connectivity index (χ0v) is 17.7. The van der Waals surface area contributed by atoms with Crippen LogP contribution in [0.2, 0.25) is 15.1 Å². The number of halogens is 3. The van der Waals surface area contributed by atoms with Crippen LogP contribution in [0.4, 0.5) is 11.6 Å². The summed E-state index contributed by atoms with van der Waals surface area (Å²) in [4.78, 5) is 12.1. The van der Waals surface area contributed by atoms with Gasteiger partial charge in [-0.05, 0) is 35.9 Å². The Kier molecular flexibility index (Phi) is 7.21. The fraction of sp³-hybridized carbons (Fsp3) is 0.0588. The Bertz CT molecular complexity index is 1060. The van der Waals surface area contributed by atoms with Crippen LogP contribution in [0.5, 0.6) is 0 Å². The number of nitrogen functional groups attached to an aromatic ring is 1. The molecule has 4 N–H and O–H groups in total. The first-order valence-corrected chi connectivity index (χ1v) is 10.2. The summed E-state index contributed by atoms with van der Waals surface area (Å²) >= 11 is 18.9. The average molecular weight is 471 g/mol. The lowest BCUT2D eigenvalue weighted by atomic mass is 10.2. The van der Waals surface area contributed by atoms with Crippen molar-refractivity contribution in [1.29, 1.82) is 0 Å². The van der Waals surface area contributed by atoms with E-state index in [9.17, 15) is 4.79 Å². The van der Waals surface area contributed by atoms with Crippen molar-refractivity contribution in [2.24, 2.45) is 5.10 Å². The molecule has 0 aliphatic carbocycles. The summed E-state index contributed by atoms with van der Waals surface area (Å²) in [6.07, 6.45) is 1.57. The maximum Gasteiger partial charge on any atom is 0.264 e. The third kappa shape index (κ3) is 6.01. The van der Waals surface area contributed by atoms with Gasteiger partial charge in [0.05, 0.1) is 22.7 Å². The van der Waals surface area contributed by atoms with Gasteiger partial charge in [0.15, 0.2) is 0 Å². The largest absolute Gasteiger partial charge is 0.334 e. The zero-order valence-electron chi connectivity index (χ0n) is 14.6. The molecule has 3 rings (SSSR count). The highest BCUT2D eigenvalue weighted by atomic mass is 35.5. The van der Waals surface area contributed by atoms with E-state index in [4.69, 9.17) is 40.6 Å². The van der Waals surface area contributed by atoms with Crippen molar-refractivity contribution in [2.75, 3.05) is 22.3 Å². The zero-order chi connectivity index (χ0) is 20.8. The molecule has 3 aromatic rings. The molecule has 1 heterocycles. The smallest absolute Gasteiger partial charge is 0.264 e. The van der Waals surface area contributed by atoms with Crippen molar-refractivity contribution < 1.29 is 4.79 Å². The van der Waals surface area contributed by atoms with Gasteiger partial charge in [0.25, 0.3) is 5.95 Å². The fourth-order valence-corrected chi connectivity index (χ4v) is 3.42. The number of hydrazone groups is 1. The molecule has 12 heteroatoms. The van der Waals surface area contributed by atoms with E-state index in [2.05, 4.69) is 26.0 Å². The van der Waals surface area contributed by atoms with Gasteiger partial charge in [0, 0.05) is 10.0 Å². The number of anilines is 2. The number of nitrogens with one attached hydrogen (secondary N) is 2. The molecule has 0 saturated heterocycles. The summed E-state index contributed by atoms with van der Waals surface area (Å²) in [5.41, 5.74) is 3.96. The summed E-state index contributed by atoms with van der Waals surface area (Å²) in [5.74, 6) is 5.92. The number of benzene rings is 2. The molecule has 0 radical (unpaired) electrons. The molecule has 1 aromatic heterocycles. The summed E-state index contributed by atoms with van der Waals surface area (Å²) in [5, 5.41) is 16.3. The van der Waals surface area contributed by atoms with E-state index in [0.717, 1.165) is 17.3 Å². The van der Waals surface area contributed by atoms with Crippen LogP contribution in [-0.4, -0.2) is 32.7 Å². The predicted octanol–water partition coefficient (Wildman–Crippen LogP) is 4.13. The summed E-state index contributed by atoms with van der Waals surface area (Å²) in [7, 11) is 0. The second-order valence-corrected chi connectivity index (χ2v) is 7.78. The predicted molar refractivity (Wildman–Crippen MR) is 119 cm³/mol. The molecule has 2 aromatic carbocycles. The second-order valence-electron chi connectivity index (χ2n) is 5.56. The van der Waals surface area contributed by atoms with Crippen molar-refractivity contribution >= 4 is 70.3 Å². The Morgan fingerprint density at radius 1 is 1.17 bits per heavy atom. The molecule has 150 valence electrons. The molecule has 1 amide bonds. The Labute approximate surface area is 185 Å². The molecule has 0 aliphatic rings. The van der Waals surface area contributed by atoms with Crippen molar-refractivity contribution in [1.82, 2.24) is 14.9 Å². The van der Waals surface area contributed by atoms with Gasteiger partial charge >= 0.3 is 0 Å². The Morgan fingerprint density at radius 3 is 2.72 bits per heavy atom. The lowest BCUT2D eigenvalue weighted by molar-refractivity contribution is -0.113. The van der Waals surface area contributed by atoms with Crippen LogP contribution < -0.4 is 16.6 Å². The molecular weight excluding hydrogens is 457 g/mol. The maximum atomic E-state index is 12.1. The lowest BCUT2D eigenvalue weighted by Gasteiger charge is -2.07. The van der Waals surface area contributed by atoms with Gasteiger partial charge in [0.1, 0.15) is 0 Å². The Hall–Kier alpha value is -2.46. The number of thioether (sulfide) groups is 1. The van der Waals surface area contributed by atoms with Crippen LogP contribution in [-0.2, 0) is 4.79 Å². The SMILES string of the molecule is Nn1c(N/N=C/c2cccc(Cl)c2)nnc1SCC(=O)Nc1ccc(Cl)cc1Cl. The van der Waals surface area contributed by atoms with Gasteiger partial charge in [-0.3, -0.25) is 4.79 Å². The van der Waals surface area contributed by atoms with Gasteiger partial charge in [-0.2, -0.15) is 5.10 Å². The summed E-state index contributed by atoms with van der Waals surface area (Å²) in [6.45, 7) is 0.